The van der Waals surface area contributed by atoms with Crippen LogP contribution in [0.3, 0.4) is 0 Å². The van der Waals surface area contributed by atoms with E-state index in [2.05, 4.69) is 27.9 Å². The Morgan fingerprint density at radius 3 is 2.28 bits per heavy atom. The second kappa shape index (κ2) is 8.93. The summed E-state index contributed by atoms with van der Waals surface area (Å²) in [7, 11) is 1.51. The highest BCUT2D eigenvalue weighted by Gasteiger charge is 2.29. The number of alkyl carbamates (subject to hydrolysis) is 1. The molecule has 0 unspecified atom stereocenters. The molecule has 1 aliphatic carbocycles. The first kappa shape index (κ1) is 21.1. The molecule has 164 valence electrons. The summed E-state index contributed by atoms with van der Waals surface area (Å²) in [4.78, 5) is 35.4. The molecular weight excluding hydrogens is 412 g/mol. The third-order valence-electron chi connectivity index (χ3n) is 5.43. The van der Waals surface area contributed by atoms with Gasteiger partial charge >= 0.3 is 12.1 Å². The summed E-state index contributed by atoms with van der Waals surface area (Å²) >= 11 is 0. The molecule has 1 heterocycles. The Morgan fingerprint density at radius 2 is 1.66 bits per heavy atom. The minimum absolute atomic E-state index is 0.00482. The number of aromatic carboxylic acids is 1. The summed E-state index contributed by atoms with van der Waals surface area (Å²) in [5, 5.41) is 18.1. The second-order valence-corrected chi connectivity index (χ2v) is 7.40. The standard InChI is InChI=1S/C23H22N4O5/c1-27-21(22(29)30)14(11-26-27)10-24-20(28)12-25-23(31)32-13-19-17-8-4-2-6-15(17)16-7-3-5-9-18(16)19/h2-9,11,19H,10,12-13H2,1H3,(H,24,28)(H,25,31)(H,29,30). The van der Waals surface area contributed by atoms with E-state index >= 15 is 0 Å². The number of carboxylic acids is 1. The minimum atomic E-state index is -1.13. The van der Waals surface area contributed by atoms with Crippen molar-refractivity contribution in [3.8, 4) is 11.1 Å². The Hall–Kier alpha value is -4.14. The lowest BCUT2D eigenvalue weighted by Gasteiger charge is -2.14. The van der Waals surface area contributed by atoms with Gasteiger partial charge in [0.25, 0.3) is 0 Å². The average Bonchev–Trinajstić information content (AvgIpc) is 3.32. The van der Waals surface area contributed by atoms with Crippen LogP contribution in [0, 0.1) is 0 Å². The Kier molecular flexibility index (Phi) is 5.89. The Balaban J connectivity index is 1.28. The fourth-order valence-corrected chi connectivity index (χ4v) is 3.95. The normalized spacial score (nSPS) is 12.0. The molecular formula is C23H22N4O5. The zero-order valence-electron chi connectivity index (χ0n) is 17.4. The maximum absolute atomic E-state index is 12.1. The van der Waals surface area contributed by atoms with Gasteiger partial charge in [-0.25, -0.2) is 9.59 Å². The molecule has 9 heteroatoms. The fraction of sp³-hybridized carbons (Fsp3) is 0.217. The van der Waals surface area contributed by atoms with Crippen LogP contribution >= 0.6 is 0 Å². The maximum atomic E-state index is 12.1. The van der Waals surface area contributed by atoms with E-state index in [4.69, 9.17) is 4.74 Å². The number of aryl methyl sites for hydroxylation is 1. The van der Waals surface area contributed by atoms with Crippen molar-refractivity contribution < 1.29 is 24.2 Å². The van der Waals surface area contributed by atoms with Gasteiger partial charge in [0.1, 0.15) is 13.2 Å². The van der Waals surface area contributed by atoms with Gasteiger partial charge in [-0.3, -0.25) is 9.48 Å². The molecule has 0 aliphatic heterocycles. The summed E-state index contributed by atoms with van der Waals surface area (Å²) < 4.78 is 6.61. The van der Waals surface area contributed by atoms with Gasteiger partial charge in [-0.05, 0) is 22.3 Å². The van der Waals surface area contributed by atoms with Crippen molar-refractivity contribution in [1.82, 2.24) is 20.4 Å². The monoisotopic (exact) mass is 434 g/mol. The molecule has 0 saturated carbocycles. The van der Waals surface area contributed by atoms with E-state index in [1.807, 2.05) is 36.4 Å². The number of nitrogens with zero attached hydrogens (tertiary/aromatic N) is 2. The van der Waals surface area contributed by atoms with Gasteiger partial charge in [-0.2, -0.15) is 5.10 Å². The second-order valence-electron chi connectivity index (χ2n) is 7.40. The van der Waals surface area contributed by atoms with E-state index in [0.29, 0.717) is 5.56 Å². The van der Waals surface area contributed by atoms with Gasteiger partial charge < -0.3 is 20.5 Å². The number of hydrogen-bond acceptors (Lipinski definition) is 5. The number of hydrogen-bond donors (Lipinski definition) is 3. The lowest BCUT2D eigenvalue weighted by molar-refractivity contribution is -0.120. The predicted octanol–water partition coefficient (Wildman–Crippen LogP) is 2.27. The van der Waals surface area contributed by atoms with Crippen LogP contribution in [0.4, 0.5) is 4.79 Å². The molecule has 0 atom stereocenters. The molecule has 1 aliphatic rings. The van der Waals surface area contributed by atoms with Gasteiger partial charge in [-0.15, -0.1) is 0 Å². The number of amides is 2. The molecule has 0 saturated heterocycles. The van der Waals surface area contributed by atoms with Crippen LogP contribution < -0.4 is 10.6 Å². The molecule has 2 aromatic carbocycles. The summed E-state index contributed by atoms with van der Waals surface area (Å²) in [5.74, 6) is -1.67. The van der Waals surface area contributed by atoms with Crippen molar-refractivity contribution in [1.29, 1.82) is 0 Å². The molecule has 0 bridgehead atoms. The minimum Gasteiger partial charge on any atom is -0.477 e. The van der Waals surface area contributed by atoms with Crippen molar-refractivity contribution in [2.45, 2.75) is 12.5 Å². The fourth-order valence-electron chi connectivity index (χ4n) is 3.95. The van der Waals surface area contributed by atoms with Gasteiger partial charge in [0.2, 0.25) is 5.91 Å². The first-order chi connectivity index (χ1) is 15.5. The zero-order chi connectivity index (χ0) is 22.7. The maximum Gasteiger partial charge on any atom is 0.407 e. The van der Waals surface area contributed by atoms with Crippen LogP contribution in [0.5, 0.6) is 0 Å². The van der Waals surface area contributed by atoms with Crippen molar-refractivity contribution in [3.63, 3.8) is 0 Å². The summed E-state index contributed by atoms with van der Waals surface area (Å²) in [6, 6.07) is 16.0. The first-order valence-corrected chi connectivity index (χ1v) is 10.1. The third-order valence-corrected chi connectivity index (χ3v) is 5.43. The van der Waals surface area contributed by atoms with Crippen molar-refractivity contribution in [3.05, 3.63) is 77.1 Å². The molecule has 0 fully saturated rings. The highest BCUT2D eigenvalue weighted by atomic mass is 16.5. The number of carbonyl (C=O) groups is 3. The highest BCUT2D eigenvalue weighted by Crippen LogP contribution is 2.44. The van der Waals surface area contributed by atoms with Crippen LogP contribution in [-0.2, 0) is 23.1 Å². The molecule has 3 N–H and O–H groups in total. The Bertz CT molecular complexity index is 1140. The van der Waals surface area contributed by atoms with Gasteiger partial charge in [0, 0.05) is 25.1 Å². The van der Waals surface area contributed by atoms with Gasteiger partial charge in [-0.1, -0.05) is 48.5 Å². The van der Waals surface area contributed by atoms with Gasteiger partial charge in [0.05, 0.1) is 6.20 Å². The number of nitrogens with one attached hydrogen (secondary N) is 2. The summed E-state index contributed by atoms with van der Waals surface area (Å²) in [6.45, 7) is -0.154. The van der Waals surface area contributed by atoms with E-state index in [0.717, 1.165) is 22.3 Å². The first-order valence-electron chi connectivity index (χ1n) is 10.1. The lowest BCUT2D eigenvalue weighted by atomic mass is 9.98. The zero-order valence-corrected chi connectivity index (χ0v) is 17.4. The van der Waals surface area contributed by atoms with Crippen molar-refractivity contribution in [2.75, 3.05) is 13.2 Å². The van der Waals surface area contributed by atoms with Crippen molar-refractivity contribution >= 4 is 18.0 Å². The summed E-state index contributed by atoms with van der Waals surface area (Å²) in [6.07, 6.45) is 0.678. The average molecular weight is 434 g/mol. The Morgan fingerprint density at radius 1 is 1.03 bits per heavy atom. The summed E-state index contributed by atoms with van der Waals surface area (Å²) in [5.41, 5.74) is 4.83. The number of ether oxygens (including phenoxy) is 1. The van der Waals surface area contributed by atoms with Crippen LogP contribution in [0.15, 0.2) is 54.7 Å². The van der Waals surface area contributed by atoms with Crippen LogP contribution in [0.2, 0.25) is 0 Å². The Labute approximate surface area is 184 Å². The number of carboxylic acid groups (broad SMARTS) is 1. The van der Waals surface area contributed by atoms with Gasteiger partial charge in [0.15, 0.2) is 5.69 Å². The molecule has 0 spiro atoms. The number of fused-ring (bicyclic) bond motifs is 3. The highest BCUT2D eigenvalue weighted by molar-refractivity contribution is 5.88. The molecule has 32 heavy (non-hydrogen) atoms. The molecule has 0 radical (unpaired) electrons. The quantitative estimate of drug-likeness (QED) is 0.524. The lowest BCUT2D eigenvalue weighted by Crippen LogP contribution is -2.37. The van der Waals surface area contributed by atoms with E-state index < -0.39 is 18.0 Å². The number of rotatable bonds is 7. The third kappa shape index (κ3) is 4.18. The van der Waals surface area contributed by atoms with Crippen molar-refractivity contribution in [2.24, 2.45) is 7.05 Å². The predicted molar refractivity (Wildman–Crippen MR) is 115 cm³/mol. The smallest absolute Gasteiger partial charge is 0.407 e. The largest absolute Gasteiger partial charge is 0.477 e. The van der Waals surface area contributed by atoms with E-state index in [1.165, 1.54) is 17.9 Å². The number of benzene rings is 2. The van der Waals surface area contributed by atoms with E-state index in [9.17, 15) is 19.5 Å². The van der Waals surface area contributed by atoms with E-state index in [-0.39, 0.29) is 31.3 Å². The molecule has 2 amide bonds. The number of aromatic nitrogens is 2. The van der Waals surface area contributed by atoms with Crippen LogP contribution in [0.25, 0.3) is 11.1 Å². The topological polar surface area (TPSA) is 123 Å². The molecule has 9 nitrogen and oxygen atoms in total. The van der Waals surface area contributed by atoms with Crippen LogP contribution in [0.1, 0.15) is 33.1 Å². The van der Waals surface area contributed by atoms with E-state index in [1.54, 1.807) is 0 Å². The number of carbonyl (C=O) groups excluding carboxylic acids is 2. The SMILES string of the molecule is Cn1ncc(CNC(=O)CNC(=O)OCC2c3ccccc3-c3ccccc32)c1C(=O)O. The van der Waals surface area contributed by atoms with Crippen LogP contribution in [-0.4, -0.2) is 46.0 Å². The molecule has 1 aromatic heterocycles. The molecule has 3 aromatic rings. The molecule has 4 rings (SSSR count).